The second kappa shape index (κ2) is 7.48. The fourth-order valence-electron chi connectivity index (χ4n) is 2.27. The van der Waals surface area contributed by atoms with Gasteiger partial charge in [-0.3, -0.25) is 0 Å². The maximum absolute atomic E-state index is 6.08. The molecule has 1 saturated heterocycles. The molecular formula is C16H18ClN3O3. The van der Waals surface area contributed by atoms with E-state index in [4.69, 9.17) is 25.8 Å². The molecule has 1 aromatic heterocycles. The van der Waals surface area contributed by atoms with Crippen LogP contribution in [-0.2, 0) is 11.3 Å². The summed E-state index contributed by atoms with van der Waals surface area (Å²) in [6.45, 7) is 3.30. The van der Waals surface area contributed by atoms with Crippen molar-refractivity contribution in [2.24, 2.45) is 0 Å². The fraction of sp³-hybridized carbons (Fsp3) is 0.375. The van der Waals surface area contributed by atoms with Gasteiger partial charge in [-0.05, 0) is 17.7 Å². The Kier molecular flexibility index (Phi) is 5.15. The van der Waals surface area contributed by atoms with Crippen molar-refractivity contribution in [2.45, 2.75) is 6.61 Å². The number of hydrogen-bond acceptors (Lipinski definition) is 6. The zero-order chi connectivity index (χ0) is 16.1. The van der Waals surface area contributed by atoms with E-state index >= 15 is 0 Å². The van der Waals surface area contributed by atoms with Crippen molar-refractivity contribution >= 4 is 17.4 Å². The minimum absolute atomic E-state index is 0.273. The van der Waals surface area contributed by atoms with E-state index in [1.807, 2.05) is 24.3 Å². The normalized spacial score (nSPS) is 14.6. The van der Waals surface area contributed by atoms with E-state index in [0.29, 0.717) is 25.0 Å². The molecule has 2 heterocycles. The predicted octanol–water partition coefficient (Wildman–Crippen LogP) is 2.55. The Bertz CT molecular complexity index is 646. The molecule has 6 nitrogen and oxygen atoms in total. The second-order valence-corrected chi connectivity index (χ2v) is 5.45. The minimum Gasteiger partial charge on any atom is -0.497 e. The van der Waals surface area contributed by atoms with Gasteiger partial charge in [-0.15, -0.1) is 0 Å². The average Bonchev–Trinajstić information content (AvgIpc) is 2.61. The third-order valence-electron chi connectivity index (χ3n) is 3.52. The van der Waals surface area contributed by atoms with E-state index < -0.39 is 0 Å². The van der Waals surface area contributed by atoms with Gasteiger partial charge in [0.15, 0.2) is 0 Å². The van der Waals surface area contributed by atoms with Crippen LogP contribution in [0.1, 0.15) is 5.56 Å². The van der Waals surface area contributed by atoms with Gasteiger partial charge < -0.3 is 19.1 Å². The fourth-order valence-corrected chi connectivity index (χ4v) is 2.44. The summed E-state index contributed by atoms with van der Waals surface area (Å²) in [5.74, 6) is 1.57. The highest BCUT2D eigenvalue weighted by Crippen LogP contribution is 2.21. The van der Waals surface area contributed by atoms with Gasteiger partial charge >= 0.3 is 6.01 Å². The molecule has 0 aliphatic carbocycles. The lowest BCUT2D eigenvalue weighted by atomic mass is 10.2. The largest absolute Gasteiger partial charge is 0.497 e. The molecule has 0 amide bonds. The molecule has 0 radical (unpaired) electrons. The highest BCUT2D eigenvalue weighted by Gasteiger charge is 2.15. The summed E-state index contributed by atoms with van der Waals surface area (Å²) in [7, 11) is 1.64. The summed E-state index contributed by atoms with van der Waals surface area (Å²) in [4.78, 5) is 10.7. The molecular weight excluding hydrogens is 318 g/mol. The minimum atomic E-state index is 0.273. The summed E-state index contributed by atoms with van der Waals surface area (Å²) >= 11 is 6.08. The zero-order valence-corrected chi connectivity index (χ0v) is 13.6. The van der Waals surface area contributed by atoms with E-state index in [0.717, 1.165) is 30.2 Å². The van der Waals surface area contributed by atoms with Crippen molar-refractivity contribution in [1.29, 1.82) is 0 Å². The van der Waals surface area contributed by atoms with Crippen molar-refractivity contribution in [3.8, 4) is 11.8 Å². The van der Waals surface area contributed by atoms with E-state index in [-0.39, 0.29) is 6.01 Å². The molecule has 0 spiro atoms. The Hall–Kier alpha value is -2.05. The first-order valence-corrected chi connectivity index (χ1v) is 7.75. The van der Waals surface area contributed by atoms with Gasteiger partial charge in [0.1, 0.15) is 23.3 Å². The Labute approximate surface area is 140 Å². The second-order valence-electron chi connectivity index (χ2n) is 5.07. The summed E-state index contributed by atoms with van der Waals surface area (Å²) in [5.41, 5.74) is 1.00. The van der Waals surface area contributed by atoms with Crippen molar-refractivity contribution in [3.63, 3.8) is 0 Å². The first-order chi connectivity index (χ1) is 11.2. The third kappa shape index (κ3) is 4.24. The maximum Gasteiger partial charge on any atom is 0.320 e. The number of halogens is 1. The van der Waals surface area contributed by atoms with E-state index in [1.165, 1.54) is 0 Å². The van der Waals surface area contributed by atoms with Gasteiger partial charge in [-0.25, -0.2) is 0 Å². The standard InChI is InChI=1S/C16H18ClN3O3/c1-21-13-4-2-12(3-5-13)11-23-16-18-14(17)10-15(19-16)20-6-8-22-9-7-20/h2-5,10H,6-9,11H2,1H3. The number of anilines is 1. The van der Waals surface area contributed by atoms with Gasteiger partial charge in [0, 0.05) is 19.2 Å². The molecule has 1 aliphatic rings. The predicted molar refractivity (Wildman–Crippen MR) is 87.4 cm³/mol. The number of ether oxygens (including phenoxy) is 3. The van der Waals surface area contributed by atoms with Gasteiger partial charge in [-0.2, -0.15) is 9.97 Å². The lowest BCUT2D eigenvalue weighted by Crippen LogP contribution is -2.36. The number of aromatic nitrogens is 2. The quantitative estimate of drug-likeness (QED) is 0.783. The monoisotopic (exact) mass is 335 g/mol. The summed E-state index contributed by atoms with van der Waals surface area (Å²) in [6.07, 6.45) is 0. The van der Waals surface area contributed by atoms with E-state index in [2.05, 4.69) is 14.9 Å². The molecule has 2 aromatic rings. The molecule has 0 N–H and O–H groups in total. The van der Waals surface area contributed by atoms with Crippen LogP contribution < -0.4 is 14.4 Å². The van der Waals surface area contributed by atoms with Crippen LogP contribution in [0.4, 0.5) is 5.82 Å². The lowest BCUT2D eigenvalue weighted by Gasteiger charge is -2.27. The van der Waals surface area contributed by atoms with Crippen molar-refractivity contribution in [3.05, 3.63) is 41.0 Å². The molecule has 1 aromatic carbocycles. The van der Waals surface area contributed by atoms with Crippen LogP contribution in [0.5, 0.6) is 11.8 Å². The van der Waals surface area contributed by atoms with Crippen LogP contribution in [-0.4, -0.2) is 43.4 Å². The number of morpholine rings is 1. The van der Waals surface area contributed by atoms with Crippen LogP contribution >= 0.6 is 11.6 Å². The van der Waals surface area contributed by atoms with Crippen LogP contribution in [0.15, 0.2) is 30.3 Å². The van der Waals surface area contributed by atoms with Crippen LogP contribution in [0.2, 0.25) is 5.15 Å². The van der Waals surface area contributed by atoms with E-state index in [9.17, 15) is 0 Å². The Morgan fingerprint density at radius 2 is 1.91 bits per heavy atom. The highest BCUT2D eigenvalue weighted by atomic mass is 35.5. The molecule has 0 atom stereocenters. The Morgan fingerprint density at radius 1 is 1.17 bits per heavy atom. The summed E-state index contributed by atoms with van der Waals surface area (Å²) < 4.78 is 16.2. The summed E-state index contributed by atoms with van der Waals surface area (Å²) in [6, 6.07) is 9.66. The molecule has 3 rings (SSSR count). The zero-order valence-electron chi connectivity index (χ0n) is 12.9. The van der Waals surface area contributed by atoms with Crippen LogP contribution in [0.3, 0.4) is 0 Å². The molecule has 122 valence electrons. The maximum atomic E-state index is 6.08. The Balaban J connectivity index is 1.68. The molecule has 0 saturated carbocycles. The molecule has 1 fully saturated rings. The Morgan fingerprint density at radius 3 is 2.61 bits per heavy atom. The van der Waals surface area contributed by atoms with Crippen molar-refractivity contribution in [1.82, 2.24) is 9.97 Å². The SMILES string of the molecule is COc1ccc(COc2nc(Cl)cc(N3CCOCC3)n2)cc1. The molecule has 7 heteroatoms. The first-order valence-electron chi connectivity index (χ1n) is 7.37. The number of hydrogen-bond donors (Lipinski definition) is 0. The molecule has 1 aliphatic heterocycles. The number of nitrogens with zero attached hydrogens (tertiary/aromatic N) is 3. The number of methoxy groups -OCH3 is 1. The third-order valence-corrected chi connectivity index (χ3v) is 3.72. The number of benzene rings is 1. The smallest absolute Gasteiger partial charge is 0.320 e. The lowest BCUT2D eigenvalue weighted by molar-refractivity contribution is 0.122. The highest BCUT2D eigenvalue weighted by molar-refractivity contribution is 6.29. The van der Waals surface area contributed by atoms with Crippen LogP contribution in [0.25, 0.3) is 0 Å². The average molecular weight is 336 g/mol. The van der Waals surface area contributed by atoms with Gasteiger partial charge in [0.2, 0.25) is 0 Å². The van der Waals surface area contributed by atoms with Gasteiger partial charge in [-0.1, -0.05) is 23.7 Å². The van der Waals surface area contributed by atoms with Crippen molar-refractivity contribution in [2.75, 3.05) is 38.3 Å². The summed E-state index contributed by atoms with van der Waals surface area (Å²) in [5, 5.41) is 0.367. The molecule has 0 unspecified atom stereocenters. The topological polar surface area (TPSA) is 56.7 Å². The van der Waals surface area contributed by atoms with Crippen LogP contribution in [0, 0.1) is 0 Å². The van der Waals surface area contributed by atoms with Crippen molar-refractivity contribution < 1.29 is 14.2 Å². The first kappa shape index (κ1) is 15.8. The van der Waals surface area contributed by atoms with Gasteiger partial charge in [0.25, 0.3) is 0 Å². The molecule has 0 bridgehead atoms. The number of rotatable bonds is 5. The van der Waals surface area contributed by atoms with Gasteiger partial charge in [0.05, 0.1) is 20.3 Å². The van der Waals surface area contributed by atoms with E-state index in [1.54, 1.807) is 13.2 Å². The molecule has 23 heavy (non-hydrogen) atoms.